The van der Waals surface area contributed by atoms with Crippen molar-refractivity contribution in [2.24, 2.45) is 0 Å². The van der Waals surface area contributed by atoms with Crippen molar-refractivity contribution in [3.05, 3.63) is 47.6 Å². The van der Waals surface area contributed by atoms with E-state index in [2.05, 4.69) is 4.98 Å². The number of aromatic nitrogens is 1. The van der Waals surface area contributed by atoms with Gasteiger partial charge in [0.2, 0.25) is 10.0 Å². The summed E-state index contributed by atoms with van der Waals surface area (Å²) in [5.74, 6) is 0.686. The lowest BCUT2D eigenvalue weighted by atomic mass is 9.77. The first-order valence-electron chi connectivity index (χ1n) is 10.4. The minimum Gasteiger partial charge on any atom is -0.423 e. The van der Waals surface area contributed by atoms with Crippen molar-refractivity contribution in [1.29, 1.82) is 0 Å². The summed E-state index contributed by atoms with van der Waals surface area (Å²) < 4.78 is 32.8. The van der Waals surface area contributed by atoms with Crippen molar-refractivity contribution < 1.29 is 23.2 Å². The van der Waals surface area contributed by atoms with Crippen molar-refractivity contribution in [1.82, 2.24) is 9.29 Å². The van der Waals surface area contributed by atoms with Gasteiger partial charge in [-0.1, -0.05) is 17.7 Å². The topological polar surface area (TPSA) is 103 Å². The average molecular weight is 482 g/mol. The highest BCUT2D eigenvalue weighted by molar-refractivity contribution is 7.89. The molecule has 1 aliphatic rings. The zero-order valence-corrected chi connectivity index (χ0v) is 20.3. The molecule has 32 heavy (non-hydrogen) atoms. The molecule has 1 aliphatic heterocycles. The standard InChI is InChI=1S/C21H29BClN3O5S/c1-20(2,27)21(3,4)31-22(28)16-5-10-19(24-15-16)25-11-13-26(14-12-25)32(29,30)18-8-6-17(23)7-9-18/h5-10,15,27-28H,11-14H2,1-4H3. The van der Waals surface area contributed by atoms with Gasteiger partial charge in [0.1, 0.15) is 5.82 Å². The Labute approximate surface area is 195 Å². The maximum atomic E-state index is 12.8. The van der Waals surface area contributed by atoms with Crippen LogP contribution in [0, 0.1) is 0 Å². The van der Waals surface area contributed by atoms with Gasteiger partial charge in [0.15, 0.2) is 0 Å². The van der Waals surface area contributed by atoms with Crippen LogP contribution in [0.4, 0.5) is 5.82 Å². The molecule has 0 bridgehead atoms. The normalized spacial score (nSPS) is 16.3. The SMILES string of the molecule is CC(C)(O)C(C)(C)OB(O)c1ccc(N2CCN(S(=O)(=O)c3ccc(Cl)cc3)CC2)nc1. The number of pyridine rings is 1. The van der Waals surface area contributed by atoms with Crippen LogP contribution < -0.4 is 10.4 Å². The molecule has 2 heterocycles. The van der Waals surface area contributed by atoms with Gasteiger partial charge in [0.05, 0.1) is 16.1 Å². The highest BCUT2D eigenvalue weighted by Crippen LogP contribution is 2.25. The van der Waals surface area contributed by atoms with Crippen molar-refractivity contribution >= 4 is 40.0 Å². The Morgan fingerprint density at radius 3 is 2.12 bits per heavy atom. The summed E-state index contributed by atoms with van der Waals surface area (Å²) in [6, 6.07) is 9.63. The van der Waals surface area contributed by atoms with E-state index in [1.807, 2.05) is 4.90 Å². The number of anilines is 1. The Morgan fingerprint density at radius 1 is 1.03 bits per heavy atom. The van der Waals surface area contributed by atoms with Gasteiger partial charge in [-0.3, -0.25) is 0 Å². The lowest BCUT2D eigenvalue weighted by Gasteiger charge is -2.38. The van der Waals surface area contributed by atoms with E-state index in [1.54, 1.807) is 52.0 Å². The third-order valence-corrected chi connectivity index (χ3v) is 8.11. The van der Waals surface area contributed by atoms with Gasteiger partial charge in [-0.05, 0) is 58.0 Å². The zero-order chi connectivity index (χ0) is 23.7. The number of piperazine rings is 1. The summed E-state index contributed by atoms with van der Waals surface area (Å²) in [4.78, 5) is 6.63. The molecule has 0 amide bonds. The van der Waals surface area contributed by atoms with Gasteiger partial charge in [-0.2, -0.15) is 4.31 Å². The number of halogens is 1. The highest BCUT2D eigenvalue weighted by Gasteiger charge is 2.39. The van der Waals surface area contributed by atoms with Gasteiger partial charge in [-0.25, -0.2) is 13.4 Å². The molecule has 8 nitrogen and oxygen atoms in total. The molecule has 0 aliphatic carbocycles. The Balaban J connectivity index is 1.62. The average Bonchev–Trinajstić information content (AvgIpc) is 2.73. The molecule has 174 valence electrons. The number of hydrogen-bond donors (Lipinski definition) is 2. The van der Waals surface area contributed by atoms with Crippen LogP contribution in [0.1, 0.15) is 27.7 Å². The van der Waals surface area contributed by atoms with Crippen molar-refractivity contribution in [3.8, 4) is 0 Å². The van der Waals surface area contributed by atoms with Crippen LogP contribution >= 0.6 is 11.6 Å². The van der Waals surface area contributed by atoms with Gasteiger partial charge in [0.25, 0.3) is 0 Å². The maximum Gasteiger partial charge on any atom is 0.493 e. The summed E-state index contributed by atoms with van der Waals surface area (Å²) in [7, 11) is -4.81. The van der Waals surface area contributed by atoms with E-state index in [9.17, 15) is 18.5 Å². The third kappa shape index (κ3) is 5.44. The van der Waals surface area contributed by atoms with E-state index in [0.717, 1.165) is 0 Å². The predicted octanol–water partition coefficient (Wildman–Crippen LogP) is 1.50. The molecule has 0 saturated carbocycles. The molecule has 0 unspecified atom stereocenters. The van der Waals surface area contributed by atoms with Gasteiger partial charge >= 0.3 is 7.12 Å². The van der Waals surface area contributed by atoms with E-state index in [-0.39, 0.29) is 4.90 Å². The molecular formula is C21H29BClN3O5S. The first-order chi connectivity index (χ1) is 14.8. The largest absolute Gasteiger partial charge is 0.493 e. The van der Waals surface area contributed by atoms with Gasteiger partial charge in [0, 0.05) is 42.9 Å². The minimum atomic E-state index is -3.57. The first-order valence-corrected chi connectivity index (χ1v) is 12.2. The summed E-state index contributed by atoms with van der Waals surface area (Å²) in [6.45, 7) is 8.29. The fraction of sp³-hybridized carbons (Fsp3) is 0.476. The predicted molar refractivity (Wildman–Crippen MR) is 126 cm³/mol. The van der Waals surface area contributed by atoms with Crippen LogP contribution in [0.15, 0.2) is 47.5 Å². The smallest absolute Gasteiger partial charge is 0.423 e. The van der Waals surface area contributed by atoms with Crippen LogP contribution in [0.5, 0.6) is 0 Å². The van der Waals surface area contributed by atoms with E-state index < -0.39 is 28.3 Å². The second kappa shape index (κ2) is 9.28. The number of nitrogens with zero attached hydrogens (tertiary/aromatic N) is 3. The first kappa shape index (κ1) is 24.9. The van der Waals surface area contributed by atoms with E-state index in [0.29, 0.717) is 42.5 Å². The van der Waals surface area contributed by atoms with E-state index in [1.165, 1.54) is 22.6 Å². The Hall–Kier alpha value is -1.69. The maximum absolute atomic E-state index is 12.8. The second-order valence-corrected chi connectivity index (χ2v) is 11.2. The molecule has 2 N–H and O–H groups in total. The van der Waals surface area contributed by atoms with E-state index >= 15 is 0 Å². The number of benzene rings is 1. The molecule has 0 spiro atoms. The van der Waals surface area contributed by atoms with Crippen molar-refractivity contribution in [2.75, 3.05) is 31.1 Å². The molecule has 1 aromatic heterocycles. The molecule has 3 rings (SSSR count). The Bertz CT molecular complexity index is 1020. The Kier molecular flexibility index (Phi) is 7.24. The summed E-state index contributed by atoms with van der Waals surface area (Å²) in [5, 5.41) is 21.1. The quantitative estimate of drug-likeness (QED) is 0.578. The molecule has 0 radical (unpaired) electrons. The lowest BCUT2D eigenvalue weighted by Crippen LogP contribution is -2.53. The van der Waals surface area contributed by atoms with Crippen LogP contribution in [0.2, 0.25) is 5.02 Å². The molecular weight excluding hydrogens is 453 g/mol. The number of sulfonamides is 1. The third-order valence-electron chi connectivity index (χ3n) is 5.95. The van der Waals surface area contributed by atoms with Gasteiger partial charge < -0.3 is 19.7 Å². The summed E-state index contributed by atoms with van der Waals surface area (Å²) in [5.41, 5.74) is -1.65. The van der Waals surface area contributed by atoms with E-state index in [4.69, 9.17) is 16.3 Å². The fourth-order valence-electron chi connectivity index (χ4n) is 3.14. The molecule has 1 saturated heterocycles. The van der Waals surface area contributed by atoms with Crippen LogP contribution in [-0.4, -0.2) is 72.3 Å². The summed E-state index contributed by atoms with van der Waals surface area (Å²) in [6.07, 6.45) is 1.53. The molecule has 0 atom stereocenters. The fourth-order valence-corrected chi connectivity index (χ4v) is 4.68. The summed E-state index contributed by atoms with van der Waals surface area (Å²) >= 11 is 5.86. The minimum absolute atomic E-state index is 0.223. The number of hydrogen-bond acceptors (Lipinski definition) is 7. The molecule has 1 fully saturated rings. The van der Waals surface area contributed by atoms with Crippen molar-refractivity contribution in [3.63, 3.8) is 0 Å². The number of aliphatic hydroxyl groups is 1. The number of rotatable bonds is 7. The highest BCUT2D eigenvalue weighted by atomic mass is 35.5. The van der Waals surface area contributed by atoms with Crippen LogP contribution in [0.3, 0.4) is 0 Å². The second-order valence-electron chi connectivity index (χ2n) is 8.83. The monoisotopic (exact) mass is 481 g/mol. The van der Waals surface area contributed by atoms with Crippen LogP contribution in [-0.2, 0) is 14.7 Å². The Morgan fingerprint density at radius 2 is 1.62 bits per heavy atom. The van der Waals surface area contributed by atoms with Crippen LogP contribution in [0.25, 0.3) is 0 Å². The van der Waals surface area contributed by atoms with Crippen molar-refractivity contribution in [2.45, 2.75) is 43.8 Å². The molecule has 11 heteroatoms. The zero-order valence-electron chi connectivity index (χ0n) is 18.7. The molecule has 2 aromatic rings. The van der Waals surface area contributed by atoms with Gasteiger partial charge in [-0.15, -0.1) is 0 Å². The lowest BCUT2D eigenvalue weighted by molar-refractivity contribution is -0.0982. The molecule has 1 aromatic carbocycles.